The third kappa shape index (κ3) is 3.20. The average Bonchev–Trinajstić information content (AvgIpc) is 2.43. The van der Waals surface area contributed by atoms with Gasteiger partial charge in [-0.05, 0) is 43.1 Å². The van der Waals surface area contributed by atoms with Crippen molar-refractivity contribution in [3.63, 3.8) is 0 Å². The summed E-state index contributed by atoms with van der Waals surface area (Å²) in [6.07, 6.45) is 0.981. The quantitative estimate of drug-likeness (QED) is 0.828. The topological polar surface area (TPSA) is 12.0 Å². The highest BCUT2D eigenvalue weighted by molar-refractivity contribution is 6.31. The average molecular weight is 292 g/mol. The van der Waals surface area contributed by atoms with E-state index in [-0.39, 0.29) is 11.9 Å². The Morgan fingerprint density at radius 3 is 2.55 bits per heavy atom. The molecule has 0 aliphatic rings. The van der Waals surface area contributed by atoms with Gasteiger partial charge in [0.05, 0.1) is 6.04 Å². The zero-order chi connectivity index (χ0) is 14.5. The maximum Gasteiger partial charge on any atom is 0.129 e. The first kappa shape index (κ1) is 15.0. The number of hydrogen-bond acceptors (Lipinski definition) is 1. The molecule has 0 bridgehead atoms. The second-order valence-corrected chi connectivity index (χ2v) is 5.29. The van der Waals surface area contributed by atoms with Crippen LogP contribution in [0.1, 0.15) is 36.1 Å². The van der Waals surface area contributed by atoms with Crippen molar-refractivity contribution < 1.29 is 4.39 Å². The van der Waals surface area contributed by atoms with Crippen LogP contribution in [0.2, 0.25) is 5.02 Å². The van der Waals surface area contributed by atoms with Gasteiger partial charge in [0.25, 0.3) is 0 Å². The van der Waals surface area contributed by atoms with E-state index < -0.39 is 0 Å². The third-order valence-corrected chi connectivity index (χ3v) is 3.72. The number of nitrogens with one attached hydrogen (secondary N) is 1. The van der Waals surface area contributed by atoms with Crippen molar-refractivity contribution in [2.75, 3.05) is 6.54 Å². The molecule has 0 amide bonds. The first-order chi connectivity index (χ1) is 9.65. The third-order valence-electron chi connectivity index (χ3n) is 3.39. The molecular weight excluding hydrogens is 273 g/mol. The van der Waals surface area contributed by atoms with Gasteiger partial charge in [-0.15, -0.1) is 0 Å². The molecular formula is C17H19ClFN. The predicted molar refractivity (Wildman–Crippen MR) is 82.7 cm³/mol. The largest absolute Gasteiger partial charge is 0.306 e. The Morgan fingerprint density at radius 1 is 1.15 bits per heavy atom. The van der Waals surface area contributed by atoms with E-state index in [1.165, 1.54) is 6.07 Å². The Labute approximate surface area is 124 Å². The Kier molecular flexibility index (Phi) is 5.16. The summed E-state index contributed by atoms with van der Waals surface area (Å²) in [5.74, 6) is -0.269. The van der Waals surface area contributed by atoms with Crippen molar-refractivity contribution in [2.24, 2.45) is 0 Å². The van der Waals surface area contributed by atoms with Crippen molar-refractivity contribution >= 4 is 11.6 Å². The zero-order valence-corrected chi connectivity index (χ0v) is 12.5. The van der Waals surface area contributed by atoms with Gasteiger partial charge in [-0.3, -0.25) is 0 Å². The van der Waals surface area contributed by atoms with E-state index in [1.807, 2.05) is 31.2 Å². The lowest BCUT2D eigenvalue weighted by Gasteiger charge is -2.23. The molecule has 0 heterocycles. The van der Waals surface area contributed by atoms with Gasteiger partial charge in [0.2, 0.25) is 0 Å². The lowest BCUT2D eigenvalue weighted by atomic mass is 9.94. The number of halogens is 2. The Hall–Kier alpha value is -1.38. The zero-order valence-electron chi connectivity index (χ0n) is 11.8. The van der Waals surface area contributed by atoms with E-state index in [0.29, 0.717) is 10.6 Å². The first-order valence-corrected chi connectivity index (χ1v) is 7.25. The van der Waals surface area contributed by atoms with Gasteiger partial charge in [-0.2, -0.15) is 0 Å². The van der Waals surface area contributed by atoms with Gasteiger partial charge in [0, 0.05) is 10.6 Å². The van der Waals surface area contributed by atoms with Gasteiger partial charge in [-0.1, -0.05) is 48.9 Å². The highest BCUT2D eigenvalue weighted by atomic mass is 35.5. The fraction of sp³-hybridized carbons (Fsp3) is 0.294. The van der Waals surface area contributed by atoms with Crippen molar-refractivity contribution in [1.82, 2.24) is 5.32 Å². The van der Waals surface area contributed by atoms with Gasteiger partial charge in [-0.25, -0.2) is 4.39 Å². The van der Waals surface area contributed by atoms with Gasteiger partial charge >= 0.3 is 0 Å². The van der Waals surface area contributed by atoms with Crippen LogP contribution in [0.3, 0.4) is 0 Å². The summed E-state index contributed by atoms with van der Waals surface area (Å²) < 4.78 is 14.2. The van der Waals surface area contributed by atoms with Crippen molar-refractivity contribution in [3.05, 3.63) is 70.0 Å². The minimum Gasteiger partial charge on any atom is -0.306 e. The van der Waals surface area contributed by atoms with Crippen LogP contribution in [0.15, 0.2) is 42.5 Å². The second-order valence-electron chi connectivity index (χ2n) is 4.88. The number of hydrogen-bond donors (Lipinski definition) is 1. The maximum atomic E-state index is 14.2. The van der Waals surface area contributed by atoms with E-state index in [4.69, 9.17) is 11.6 Å². The molecule has 2 rings (SSSR count). The van der Waals surface area contributed by atoms with Crippen molar-refractivity contribution in [2.45, 2.75) is 26.3 Å². The standard InChI is InChI=1S/C17H19ClFN/c1-3-11-20-17(13-8-5-4-7-12(13)2)16-14(18)9-6-10-15(16)19/h4-10,17,20H,3,11H2,1-2H3. The monoisotopic (exact) mass is 291 g/mol. The molecule has 0 saturated carbocycles. The molecule has 0 spiro atoms. The molecule has 1 atom stereocenters. The summed E-state index contributed by atoms with van der Waals surface area (Å²) in [4.78, 5) is 0. The molecule has 106 valence electrons. The Bertz CT molecular complexity index is 563. The molecule has 0 radical (unpaired) electrons. The molecule has 2 aromatic rings. The summed E-state index contributed by atoms with van der Waals surface area (Å²) in [5.41, 5.74) is 2.71. The maximum absolute atomic E-state index is 14.2. The molecule has 0 aromatic heterocycles. The van der Waals surface area contributed by atoms with Crippen molar-refractivity contribution in [1.29, 1.82) is 0 Å². The van der Waals surface area contributed by atoms with Crippen LogP contribution in [0.25, 0.3) is 0 Å². The predicted octanol–water partition coefficient (Wildman–Crippen LogP) is 4.88. The van der Waals surface area contributed by atoms with E-state index in [9.17, 15) is 4.39 Å². The molecule has 1 N–H and O–H groups in total. The summed E-state index contributed by atoms with van der Waals surface area (Å²) in [7, 11) is 0. The van der Waals surface area contributed by atoms with Crippen LogP contribution in [-0.2, 0) is 0 Å². The van der Waals surface area contributed by atoms with Gasteiger partial charge in [0.15, 0.2) is 0 Å². The Balaban J connectivity index is 2.50. The van der Waals surface area contributed by atoms with Crippen LogP contribution in [0.5, 0.6) is 0 Å². The minimum absolute atomic E-state index is 0.218. The highest BCUT2D eigenvalue weighted by Crippen LogP contribution is 2.32. The number of rotatable bonds is 5. The second kappa shape index (κ2) is 6.87. The number of aryl methyl sites for hydroxylation is 1. The Morgan fingerprint density at radius 2 is 1.90 bits per heavy atom. The van der Waals surface area contributed by atoms with E-state index >= 15 is 0 Å². The van der Waals surface area contributed by atoms with Crippen LogP contribution < -0.4 is 5.32 Å². The molecule has 1 nitrogen and oxygen atoms in total. The van der Waals surface area contributed by atoms with Crippen LogP contribution in [0, 0.1) is 12.7 Å². The first-order valence-electron chi connectivity index (χ1n) is 6.88. The summed E-state index contributed by atoms with van der Waals surface area (Å²) in [6.45, 7) is 4.93. The van der Waals surface area contributed by atoms with Crippen molar-refractivity contribution in [3.8, 4) is 0 Å². The molecule has 1 unspecified atom stereocenters. The van der Waals surface area contributed by atoms with Gasteiger partial charge < -0.3 is 5.32 Å². The minimum atomic E-state index is -0.269. The van der Waals surface area contributed by atoms with Crippen LogP contribution >= 0.6 is 11.6 Å². The summed E-state index contributed by atoms with van der Waals surface area (Å²) >= 11 is 6.23. The normalized spacial score (nSPS) is 12.4. The SMILES string of the molecule is CCCNC(c1ccccc1C)c1c(F)cccc1Cl. The van der Waals surface area contributed by atoms with Gasteiger partial charge in [0.1, 0.15) is 5.82 Å². The molecule has 3 heteroatoms. The van der Waals surface area contributed by atoms with E-state index in [1.54, 1.807) is 12.1 Å². The summed E-state index contributed by atoms with van der Waals surface area (Å²) in [6, 6.07) is 12.6. The lowest BCUT2D eigenvalue weighted by Crippen LogP contribution is -2.25. The number of benzene rings is 2. The molecule has 2 aromatic carbocycles. The molecule has 0 aliphatic carbocycles. The fourth-order valence-electron chi connectivity index (χ4n) is 2.35. The summed E-state index contributed by atoms with van der Waals surface area (Å²) in [5, 5.41) is 3.86. The fourth-order valence-corrected chi connectivity index (χ4v) is 2.63. The molecule has 0 saturated heterocycles. The van der Waals surface area contributed by atoms with E-state index in [0.717, 1.165) is 24.1 Å². The smallest absolute Gasteiger partial charge is 0.129 e. The molecule has 0 fully saturated rings. The molecule has 20 heavy (non-hydrogen) atoms. The molecule has 0 aliphatic heterocycles. The lowest BCUT2D eigenvalue weighted by molar-refractivity contribution is 0.545. The van der Waals surface area contributed by atoms with Crippen LogP contribution in [0.4, 0.5) is 4.39 Å². The van der Waals surface area contributed by atoms with Crippen LogP contribution in [-0.4, -0.2) is 6.54 Å². The van der Waals surface area contributed by atoms with E-state index in [2.05, 4.69) is 12.2 Å². The highest BCUT2D eigenvalue weighted by Gasteiger charge is 2.21.